The molecule has 82 valence electrons. The molecule has 0 bridgehead atoms. The number of ether oxygens (including phenoxy) is 2. The SMILES string of the molecule is C=CF.O=C(O)O.O=C1OCC(F)O1. The van der Waals surface area contributed by atoms with Crippen LogP contribution < -0.4 is 0 Å². The van der Waals surface area contributed by atoms with Gasteiger partial charge < -0.3 is 19.7 Å². The van der Waals surface area contributed by atoms with Gasteiger partial charge in [-0.15, -0.1) is 0 Å². The molecule has 1 aliphatic rings. The molecule has 1 aliphatic heterocycles. The number of alkyl halides is 1. The number of carbonyl (C=O) groups excluding carboxylic acids is 1. The van der Waals surface area contributed by atoms with Crippen molar-refractivity contribution < 1.29 is 38.1 Å². The summed E-state index contributed by atoms with van der Waals surface area (Å²) >= 11 is 0. The van der Waals surface area contributed by atoms with Crippen molar-refractivity contribution in [1.82, 2.24) is 0 Å². The van der Waals surface area contributed by atoms with E-state index < -0.39 is 18.7 Å². The Kier molecular flexibility index (Phi) is 9.66. The highest BCUT2D eigenvalue weighted by atomic mass is 19.1. The monoisotopic (exact) mass is 214 g/mol. The number of carbonyl (C=O) groups is 2. The van der Waals surface area contributed by atoms with Gasteiger partial charge in [0.1, 0.15) is 0 Å². The summed E-state index contributed by atoms with van der Waals surface area (Å²) in [5.74, 6) is 0. The van der Waals surface area contributed by atoms with Gasteiger partial charge in [-0.3, -0.25) is 0 Å². The Bertz CT molecular complexity index is 191. The quantitative estimate of drug-likeness (QED) is 0.597. The van der Waals surface area contributed by atoms with E-state index in [0.717, 1.165) is 0 Å². The zero-order chi connectivity index (χ0) is 11.6. The predicted molar refractivity (Wildman–Crippen MR) is 39.3 cm³/mol. The third-order valence-corrected chi connectivity index (χ3v) is 0.556. The highest BCUT2D eigenvalue weighted by Gasteiger charge is 2.23. The summed E-state index contributed by atoms with van der Waals surface area (Å²) in [4.78, 5) is 18.3. The van der Waals surface area contributed by atoms with Crippen LogP contribution in [0.1, 0.15) is 0 Å². The minimum absolute atomic E-state index is 0.250. The minimum Gasteiger partial charge on any atom is -0.450 e. The molecular formula is C6H8F2O6. The van der Waals surface area contributed by atoms with Crippen LogP contribution in [0.5, 0.6) is 0 Å². The number of carboxylic acid groups (broad SMARTS) is 2. The fraction of sp³-hybridized carbons (Fsp3) is 0.333. The fourth-order valence-electron chi connectivity index (χ4n) is 0.306. The second kappa shape index (κ2) is 9.23. The molecule has 6 nitrogen and oxygen atoms in total. The number of rotatable bonds is 0. The lowest BCUT2D eigenvalue weighted by Crippen LogP contribution is -1.98. The first kappa shape index (κ1) is 14.7. The standard InChI is InChI=1S/C3H3FO3.C2H3F.CH2O3/c4-2-1-6-3(5)7-2;1-2-3;2-1(3)4/h2H,1H2;2H,1H2;(H2,2,3,4). The van der Waals surface area contributed by atoms with E-state index in [1.54, 1.807) is 0 Å². The Morgan fingerprint density at radius 3 is 2.07 bits per heavy atom. The van der Waals surface area contributed by atoms with Gasteiger partial charge in [0.2, 0.25) is 0 Å². The van der Waals surface area contributed by atoms with Crippen molar-refractivity contribution in [2.24, 2.45) is 0 Å². The van der Waals surface area contributed by atoms with Crippen LogP contribution >= 0.6 is 0 Å². The van der Waals surface area contributed by atoms with Crippen LogP contribution in [0.2, 0.25) is 0 Å². The molecule has 0 aromatic carbocycles. The summed E-state index contributed by atoms with van der Waals surface area (Å²) in [6, 6.07) is 0. The largest absolute Gasteiger partial charge is 0.511 e. The Morgan fingerprint density at radius 1 is 1.64 bits per heavy atom. The first-order valence-electron chi connectivity index (χ1n) is 3.04. The molecule has 1 atom stereocenters. The molecule has 14 heavy (non-hydrogen) atoms. The summed E-state index contributed by atoms with van der Waals surface area (Å²) in [5, 5.41) is 13.9. The second-order valence-corrected chi connectivity index (χ2v) is 1.53. The van der Waals surface area contributed by atoms with Crippen molar-refractivity contribution in [3.8, 4) is 0 Å². The van der Waals surface area contributed by atoms with Gasteiger partial charge in [0.15, 0.2) is 6.61 Å². The summed E-state index contributed by atoms with van der Waals surface area (Å²) < 4.78 is 29.5. The molecule has 0 aromatic heterocycles. The van der Waals surface area contributed by atoms with Gasteiger partial charge in [-0.25, -0.2) is 14.0 Å². The van der Waals surface area contributed by atoms with E-state index in [0.29, 0.717) is 0 Å². The van der Waals surface area contributed by atoms with E-state index in [9.17, 15) is 13.6 Å². The molecule has 0 spiro atoms. The molecule has 0 radical (unpaired) electrons. The zero-order valence-electron chi connectivity index (χ0n) is 6.85. The van der Waals surface area contributed by atoms with Crippen molar-refractivity contribution in [3.63, 3.8) is 0 Å². The van der Waals surface area contributed by atoms with E-state index in [2.05, 4.69) is 16.1 Å². The molecule has 0 aromatic rings. The molecule has 1 fully saturated rings. The lowest BCUT2D eigenvalue weighted by Gasteiger charge is -1.85. The molecule has 0 amide bonds. The van der Waals surface area contributed by atoms with Gasteiger partial charge in [-0.2, -0.15) is 4.39 Å². The maximum Gasteiger partial charge on any atom is 0.511 e. The number of halogens is 2. The molecule has 0 saturated carbocycles. The van der Waals surface area contributed by atoms with E-state index in [4.69, 9.17) is 15.0 Å². The zero-order valence-corrected chi connectivity index (χ0v) is 6.85. The maximum absolute atomic E-state index is 11.6. The van der Waals surface area contributed by atoms with E-state index in [-0.39, 0.29) is 12.9 Å². The summed E-state index contributed by atoms with van der Waals surface area (Å²) in [7, 11) is 0. The molecule has 1 unspecified atom stereocenters. The smallest absolute Gasteiger partial charge is 0.450 e. The summed E-state index contributed by atoms with van der Waals surface area (Å²) in [6.07, 6.45) is -4.06. The van der Waals surface area contributed by atoms with Crippen LogP contribution in [0.4, 0.5) is 18.4 Å². The number of hydrogen-bond donors (Lipinski definition) is 2. The summed E-state index contributed by atoms with van der Waals surface area (Å²) in [6.45, 7) is 2.43. The highest BCUT2D eigenvalue weighted by molar-refractivity contribution is 5.61. The van der Waals surface area contributed by atoms with Crippen molar-refractivity contribution in [1.29, 1.82) is 0 Å². The Labute approximate surface area is 77.3 Å². The Balaban J connectivity index is 0. The predicted octanol–water partition coefficient (Wildman–Crippen LogP) is 1.77. The third-order valence-electron chi connectivity index (χ3n) is 0.556. The van der Waals surface area contributed by atoms with Gasteiger partial charge in [-0.1, -0.05) is 6.58 Å². The first-order valence-corrected chi connectivity index (χ1v) is 3.04. The van der Waals surface area contributed by atoms with E-state index in [1.165, 1.54) is 0 Å². The number of hydrogen-bond acceptors (Lipinski definition) is 4. The molecular weight excluding hydrogens is 206 g/mol. The highest BCUT2D eigenvalue weighted by Crippen LogP contribution is 2.05. The molecule has 1 heterocycles. The molecule has 2 N–H and O–H groups in total. The number of cyclic esters (lactones) is 2. The van der Waals surface area contributed by atoms with Gasteiger partial charge in [0.25, 0.3) is 6.36 Å². The lowest BCUT2D eigenvalue weighted by molar-refractivity contribution is 0.0572. The normalized spacial score (nSPS) is 17.3. The van der Waals surface area contributed by atoms with Crippen molar-refractivity contribution >= 4 is 12.3 Å². The Morgan fingerprint density at radius 2 is 2.00 bits per heavy atom. The van der Waals surface area contributed by atoms with Crippen molar-refractivity contribution in [3.05, 3.63) is 12.9 Å². The van der Waals surface area contributed by atoms with Crippen LogP contribution in [-0.2, 0) is 9.47 Å². The van der Waals surface area contributed by atoms with Crippen LogP contribution in [-0.4, -0.2) is 35.5 Å². The van der Waals surface area contributed by atoms with Gasteiger partial charge >= 0.3 is 12.3 Å². The average Bonchev–Trinajstić information content (AvgIpc) is 2.34. The molecule has 8 heteroatoms. The van der Waals surface area contributed by atoms with Crippen LogP contribution in [0, 0.1) is 0 Å². The van der Waals surface area contributed by atoms with E-state index >= 15 is 0 Å². The molecule has 1 rings (SSSR count). The van der Waals surface area contributed by atoms with E-state index in [1.807, 2.05) is 0 Å². The van der Waals surface area contributed by atoms with Crippen LogP contribution in [0.15, 0.2) is 12.9 Å². The Hall–Kier alpha value is -1.86. The first-order chi connectivity index (χ1) is 6.43. The van der Waals surface area contributed by atoms with Crippen molar-refractivity contribution in [2.45, 2.75) is 6.36 Å². The van der Waals surface area contributed by atoms with Gasteiger partial charge in [-0.05, 0) is 0 Å². The topological polar surface area (TPSA) is 93.1 Å². The minimum atomic E-state index is -1.83. The van der Waals surface area contributed by atoms with Crippen molar-refractivity contribution in [2.75, 3.05) is 6.61 Å². The third kappa shape index (κ3) is 16.6. The fourth-order valence-corrected chi connectivity index (χ4v) is 0.306. The molecule has 0 aliphatic carbocycles. The maximum atomic E-state index is 11.6. The average molecular weight is 214 g/mol. The van der Waals surface area contributed by atoms with Crippen LogP contribution in [0.3, 0.4) is 0 Å². The summed E-state index contributed by atoms with van der Waals surface area (Å²) in [5.41, 5.74) is 0. The lowest BCUT2D eigenvalue weighted by atomic mass is 10.8. The van der Waals surface area contributed by atoms with Gasteiger partial charge in [0, 0.05) is 0 Å². The molecule has 1 saturated heterocycles. The van der Waals surface area contributed by atoms with Gasteiger partial charge in [0.05, 0.1) is 6.33 Å². The second-order valence-electron chi connectivity index (χ2n) is 1.53. The van der Waals surface area contributed by atoms with Crippen LogP contribution in [0.25, 0.3) is 0 Å².